The molecule has 2 N–H and O–H groups in total. The average molecular weight is 421 g/mol. The number of nitro groups is 1. The summed E-state index contributed by atoms with van der Waals surface area (Å²) in [6.07, 6.45) is 0. The highest BCUT2D eigenvalue weighted by Gasteiger charge is 2.21. The van der Waals surface area contributed by atoms with Crippen LogP contribution in [-0.4, -0.2) is 48.2 Å². The van der Waals surface area contributed by atoms with Crippen molar-refractivity contribution in [2.75, 3.05) is 26.3 Å². The third kappa shape index (κ3) is 5.64. The Kier molecular flexibility index (Phi) is 6.60. The van der Waals surface area contributed by atoms with Crippen molar-refractivity contribution < 1.29 is 24.0 Å². The number of rotatable bonds is 5. The summed E-state index contributed by atoms with van der Waals surface area (Å²) in [5.41, 5.74) is 2.04. The van der Waals surface area contributed by atoms with Crippen LogP contribution < -0.4 is 15.5 Å². The van der Waals surface area contributed by atoms with E-state index in [0.717, 1.165) is 6.07 Å². The number of ether oxygens (including phenoxy) is 2. The first-order valence-corrected chi connectivity index (χ1v) is 8.97. The third-order valence-electron chi connectivity index (χ3n) is 3.96. The molecule has 0 aromatic heterocycles. The third-order valence-corrected chi connectivity index (χ3v) is 4.21. The van der Waals surface area contributed by atoms with Gasteiger partial charge in [0.25, 0.3) is 5.91 Å². The first kappa shape index (κ1) is 20.5. The Labute approximate surface area is 170 Å². The predicted molar refractivity (Wildman–Crippen MR) is 103 cm³/mol. The summed E-state index contributed by atoms with van der Waals surface area (Å²) in [6.45, 7) is 1.92. The number of urea groups is 1. The maximum Gasteiger partial charge on any atom is 0.336 e. The van der Waals surface area contributed by atoms with Crippen LogP contribution in [0.3, 0.4) is 0 Å². The molecule has 0 unspecified atom stereocenters. The second-order valence-corrected chi connectivity index (χ2v) is 6.43. The van der Waals surface area contributed by atoms with E-state index in [2.05, 4.69) is 10.7 Å². The molecule has 0 aliphatic carbocycles. The number of hydrogen-bond acceptors (Lipinski definition) is 7. The maximum absolute atomic E-state index is 12.3. The van der Waals surface area contributed by atoms with Crippen molar-refractivity contribution in [3.05, 3.63) is 63.2 Å². The number of hydrazine groups is 1. The van der Waals surface area contributed by atoms with E-state index >= 15 is 0 Å². The topological polar surface area (TPSA) is 123 Å². The van der Waals surface area contributed by atoms with E-state index in [-0.39, 0.29) is 11.3 Å². The molecule has 2 aromatic rings. The van der Waals surface area contributed by atoms with Gasteiger partial charge in [-0.15, -0.1) is 0 Å². The number of carbonyl (C=O) groups is 2. The number of morpholine rings is 1. The Morgan fingerprint density at radius 3 is 2.48 bits per heavy atom. The molecule has 2 aromatic carbocycles. The minimum absolute atomic E-state index is 0.0494. The fourth-order valence-electron chi connectivity index (χ4n) is 2.54. The minimum Gasteiger partial charge on any atom is -0.450 e. The number of hydrogen-bond donors (Lipinski definition) is 2. The van der Waals surface area contributed by atoms with Gasteiger partial charge in [-0.05, 0) is 36.4 Å². The lowest BCUT2D eigenvalue weighted by molar-refractivity contribution is -0.385. The van der Waals surface area contributed by atoms with Crippen LogP contribution in [0.15, 0.2) is 42.5 Å². The Morgan fingerprint density at radius 1 is 1.14 bits per heavy atom. The van der Waals surface area contributed by atoms with E-state index in [1.807, 2.05) is 0 Å². The number of carbonyl (C=O) groups excluding carboxylic acids is 2. The van der Waals surface area contributed by atoms with Crippen LogP contribution in [0.1, 0.15) is 10.4 Å². The lowest BCUT2D eigenvalue weighted by atomic mass is 10.1. The molecule has 0 saturated carbocycles. The number of nitrogens with one attached hydrogen (secondary N) is 2. The zero-order valence-corrected chi connectivity index (χ0v) is 15.8. The standard InChI is InChI=1S/C18H17ClN4O6/c19-13-2-4-14(5-3-13)29-16-6-1-12(11-15(16)23(26)27)17(24)20-18(25)21-22-7-9-28-10-8-22/h1-6,11H,7-10H2,(H2,20,21,24,25). The average Bonchev–Trinajstić information content (AvgIpc) is 2.70. The molecule has 0 bridgehead atoms. The molecule has 0 radical (unpaired) electrons. The van der Waals surface area contributed by atoms with Crippen molar-refractivity contribution in [1.29, 1.82) is 0 Å². The van der Waals surface area contributed by atoms with Crippen LogP contribution in [0.5, 0.6) is 11.5 Å². The Morgan fingerprint density at radius 2 is 1.83 bits per heavy atom. The molecule has 0 atom stereocenters. The van der Waals surface area contributed by atoms with E-state index in [4.69, 9.17) is 21.1 Å². The zero-order valence-electron chi connectivity index (χ0n) is 15.1. The summed E-state index contributed by atoms with van der Waals surface area (Å²) in [6, 6.07) is 9.21. The van der Waals surface area contributed by atoms with Crippen LogP contribution in [0.2, 0.25) is 5.02 Å². The summed E-state index contributed by atoms with van der Waals surface area (Å²) in [7, 11) is 0. The van der Waals surface area contributed by atoms with Crippen LogP contribution in [0.4, 0.5) is 10.5 Å². The van der Waals surface area contributed by atoms with Gasteiger partial charge in [0, 0.05) is 29.7 Å². The summed E-state index contributed by atoms with van der Waals surface area (Å²) < 4.78 is 10.7. The molecular weight excluding hydrogens is 404 g/mol. The quantitative estimate of drug-likeness (QED) is 0.563. The van der Waals surface area contributed by atoms with Crippen molar-refractivity contribution in [3.8, 4) is 11.5 Å². The van der Waals surface area contributed by atoms with Gasteiger partial charge in [0.1, 0.15) is 5.75 Å². The van der Waals surface area contributed by atoms with Crippen LogP contribution in [-0.2, 0) is 4.74 Å². The van der Waals surface area contributed by atoms with Gasteiger partial charge >= 0.3 is 11.7 Å². The van der Waals surface area contributed by atoms with Crippen LogP contribution in [0, 0.1) is 10.1 Å². The fourth-order valence-corrected chi connectivity index (χ4v) is 2.67. The van der Waals surface area contributed by atoms with Crippen molar-refractivity contribution >= 4 is 29.2 Å². The van der Waals surface area contributed by atoms with Gasteiger partial charge in [-0.3, -0.25) is 25.7 Å². The summed E-state index contributed by atoms with van der Waals surface area (Å²) >= 11 is 5.80. The zero-order chi connectivity index (χ0) is 20.8. The van der Waals surface area contributed by atoms with E-state index in [0.29, 0.717) is 37.1 Å². The van der Waals surface area contributed by atoms with Crippen molar-refractivity contribution in [2.24, 2.45) is 0 Å². The summed E-state index contributed by atoms with van der Waals surface area (Å²) in [4.78, 5) is 35.0. The highest BCUT2D eigenvalue weighted by atomic mass is 35.5. The second-order valence-electron chi connectivity index (χ2n) is 5.99. The molecule has 0 spiro atoms. The number of halogens is 1. The summed E-state index contributed by atoms with van der Waals surface area (Å²) in [5, 5.41) is 15.6. The Balaban J connectivity index is 1.69. The van der Waals surface area contributed by atoms with E-state index in [9.17, 15) is 19.7 Å². The SMILES string of the molecule is O=C(NC(=O)c1ccc(Oc2ccc(Cl)cc2)c([N+](=O)[O-])c1)NN1CCOCC1. The van der Waals surface area contributed by atoms with Gasteiger partial charge in [0.15, 0.2) is 0 Å². The molecule has 10 nitrogen and oxygen atoms in total. The van der Waals surface area contributed by atoms with Gasteiger partial charge in [-0.2, -0.15) is 0 Å². The molecular formula is C18H17ClN4O6. The number of benzene rings is 2. The number of nitrogens with zero attached hydrogens (tertiary/aromatic N) is 2. The van der Waals surface area contributed by atoms with E-state index < -0.39 is 22.5 Å². The Bertz CT molecular complexity index is 915. The predicted octanol–water partition coefficient (Wildman–Crippen LogP) is 2.73. The van der Waals surface area contributed by atoms with Gasteiger partial charge in [0.05, 0.1) is 18.1 Å². The van der Waals surface area contributed by atoms with Gasteiger partial charge in [0.2, 0.25) is 5.75 Å². The first-order chi connectivity index (χ1) is 13.9. The molecule has 29 heavy (non-hydrogen) atoms. The monoisotopic (exact) mass is 420 g/mol. The molecule has 1 aliphatic heterocycles. The van der Waals surface area contributed by atoms with Gasteiger partial charge in [-0.1, -0.05) is 11.6 Å². The minimum atomic E-state index is -0.781. The van der Waals surface area contributed by atoms with E-state index in [1.54, 1.807) is 29.3 Å². The molecule has 3 amide bonds. The smallest absolute Gasteiger partial charge is 0.336 e. The van der Waals surface area contributed by atoms with Gasteiger partial charge in [-0.25, -0.2) is 9.80 Å². The van der Waals surface area contributed by atoms with E-state index in [1.165, 1.54) is 12.1 Å². The molecule has 152 valence electrons. The van der Waals surface area contributed by atoms with Gasteiger partial charge < -0.3 is 9.47 Å². The number of amides is 3. The van der Waals surface area contributed by atoms with Crippen molar-refractivity contribution in [1.82, 2.24) is 15.8 Å². The fraction of sp³-hybridized carbons (Fsp3) is 0.222. The van der Waals surface area contributed by atoms with Crippen molar-refractivity contribution in [3.63, 3.8) is 0 Å². The largest absolute Gasteiger partial charge is 0.450 e. The summed E-state index contributed by atoms with van der Waals surface area (Å²) in [5.74, 6) is -0.483. The highest BCUT2D eigenvalue weighted by Crippen LogP contribution is 2.32. The Hall–Kier alpha value is -3.21. The normalized spacial score (nSPS) is 14.1. The van der Waals surface area contributed by atoms with Crippen LogP contribution in [0.25, 0.3) is 0 Å². The second kappa shape index (κ2) is 9.32. The molecule has 1 fully saturated rings. The molecule has 1 aliphatic rings. The molecule has 11 heteroatoms. The highest BCUT2D eigenvalue weighted by molar-refractivity contribution is 6.30. The van der Waals surface area contributed by atoms with Crippen molar-refractivity contribution in [2.45, 2.75) is 0 Å². The van der Waals surface area contributed by atoms with Crippen LogP contribution >= 0.6 is 11.6 Å². The number of imide groups is 1. The number of nitro benzene ring substituents is 1. The molecule has 1 heterocycles. The lowest BCUT2D eigenvalue weighted by Crippen LogP contribution is -2.52. The first-order valence-electron chi connectivity index (χ1n) is 8.59. The molecule has 3 rings (SSSR count). The maximum atomic E-state index is 12.3. The lowest BCUT2D eigenvalue weighted by Gasteiger charge is -2.26. The molecule has 1 saturated heterocycles.